The number of carboxylic acid groups (broad SMARTS) is 1. The Balaban J connectivity index is 1.55. The molecular weight excluding hydrogens is 500 g/mol. The molecule has 0 bridgehead atoms. The van der Waals surface area contributed by atoms with Crippen LogP contribution in [0.4, 0.5) is 14.5 Å². The van der Waals surface area contributed by atoms with Crippen molar-refractivity contribution in [1.82, 2.24) is 0 Å². The Bertz CT molecular complexity index is 1460. The number of aliphatic carboxylic acids is 1. The minimum absolute atomic E-state index is 0.101. The predicted octanol–water partition coefficient (Wildman–Crippen LogP) is 6.07. The second-order valence-electron chi connectivity index (χ2n) is 8.85. The molecule has 4 aromatic rings. The summed E-state index contributed by atoms with van der Waals surface area (Å²) in [5.74, 6) is -3.60. The number of benzene rings is 4. The van der Waals surface area contributed by atoms with Crippen LogP contribution in [0.5, 0.6) is 5.75 Å². The van der Waals surface area contributed by atoms with Gasteiger partial charge in [-0.1, -0.05) is 62.4 Å². The highest BCUT2D eigenvalue weighted by atomic mass is 32.2. The number of ether oxygens (including phenoxy) is 1. The zero-order chi connectivity index (χ0) is 26.7. The van der Waals surface area contributed by atoms with E-state index in [2.05, 4.69) is 0 Å². The summed E-state index contributed by atoms with van der Waals surface area (Å²) in [7, 11) is 0. The van der Waals surface area contributed by atoms with E-state index in [0.717, 1.165) is 22.4 Å². The van der Waals surface area contributed by atoms with E-state index in [1.54, 1.807) is 24.3 Å². The van der Waals surface area contributed by atoms with Crippen LogP contribution in [-0.4, -0.2) is 25.9 Å². The van der Waals surface area contributed by atoms with E-state index in [9.17, 15) is 18.7 Å². The SMILES string of the molecule is CC(C)C(C(=O)O)N(c1cc(F)c(-c2ccc(OCc3ccc4ccccc4c3)cc2)cc1F)S(=O)[O-]. The molecule has 0 saturated heterocycles. The number of rotatable bonds is 9. The average Bonchev–Trinajstić information content (AvgIpc) is 2.87. The molecule has 2 unspecified atom stereocenters. The van der Waals surface area contributed by atoms with Crippen LogP contribution in [0.1, 0.15) is 19.4 Å². The maximum Gasteiger partial charge on any atom is 0.327 e. The predicted molar refractivity (Wildman–Crippen MR) is 138 cm³/mol. The number of nitrogens with zero attached hydrogens (tertiary/aromatic N) is 1. The van der Waals surface area contributed by atoms with Gasteiger partial charge >= 0.3 is 5.97 Å². The Morgan fingerprint density at radius 2 is 1.65 bits per heavy atom. The molecule has 0 aliphatic carbocycles. The van der Waals surface area contributed by atoms with Crippen molar-refractivity contribution >= 4 is 33.7 Å². The molecule has 0 aliphatic rings. The number of carbonyl (C=O) groups is 1. The lowest BCUT2D eigenvalue weighted by Crippen LogP contribution is -2.46. The molecule has 4 aromatic carbocycles. The molecule has 0 aliphatic heterocycles. The Labute approximate surface area is 215 Å². The van der Waals surface area contributed by atoms with Crippen molar-refractivity contribution in [3.63, 3.8) is 0 Å². The van der Waals surface area contributed by atoms with Crippen LogP contribution in [0.2, 0.25) is 0 Å². The number of fused-ring (bicyclic) bond motifs is 1. The van der Waals surface area contributed by atoms with Gasteiger partial charge in [-0.05, 0) is 52.1 Å². The van der Waals surface area contributed by atoms with Crippen LogP contribution in [0.25, 0.3) is 21.9 Å². The van der Waals surface area contributed by atoms with E-state index >= 15 is 8.78 Å². The largest absolute Gasteiger partial charge is 0.755 e. The van der Waals surface area contributed by atoms with Crippen molar-refractivity contribution in [2.75, 3.05) is 4.31 Å². The van der Waals surface area contributed by atoms with Crippen molar-refractivity contribution in [2.45, 2.75) is 26.5 Å². The number of hydrogen-bond donors (Lipinski definition) is 1. The molecule has 192 valence electrons. The van der Waals surface area contributed by atoms with Crippen LogP contribution in [0, 0.1) is 17.6 Å². The fourth-order valence-electron chi connectivity index (χ4n) is 4.13. The van der Waals surface area contributed by atoms with E-state index in [0.29, 0.717) is 28.3 Å². The lowest BCUT2D eigenvalue weighted by Gasteiger charge is -2.34. The second-order valence-corrected chi connectivity index (χ2v) is 9.68. The van der Waals surface area contributed by atoms with Crippen LogP contribution in [0.3, 0.4) is 0 Å². The fourth-order valence-corrected chi connectivity index (χ4v) is 4.95. The van der Waals surface area contributed by atoms with Gasteiger partial charge < -0.3 is 14.4 Å². The zero-order valence-corrected chi connectivity index (χ0v) is 20.9. The fraction of sp³-hybridized carbons (Fsp3) is 0.179. The van der Waals surface area contributed by atoms with Crippen molar-refractivity contribution < 1.29 is 32.2 Å². The Hall–Kier alpha value is -3.82. The molecular formula is C28H24F2NO5S-. The van der Waals surface area contributed by atoms with Crippen molar-refractivity contribution in [3.05, 3.63) is 96.1 Å². The average molecular weight is 525 g/mol. The molecule has 9 heteroatoms. The van der Waals surface area contributed by atoms with E-state index in [-0.39, 0.29) is 5.56 Å². The van der Waals surface area contributed by atoms with Crippen LogP contribution in [-0.2, 0) is 22.7 Å². The number of anilines is 1. The topological polar surface area (TPSA) is 89.9 Å². The number of hydrogen-bond acceptors (Lipinski definition) is 4. The molecule has 0 heterocycles. The first-order valence-electron chi connectivity index (χ1n) is 11.5. The molecule has 0 saturated carbocycles. The van der Waals surface area contributed by atoms with Gasteiger partial charge in [0.2, 0.25) is 0 Å². The smallest absolute Gasteiger partial charge is 0.327 e. The summed E-state index contributed by atoms with van der Waals surface area (Å²) in [6, 6.07) is 20.3. The van der Waals surface area contributed by atoms with Crippen LogP contribution < -0.4 is 9.04 Å². The van der Waals surface area contributed by atoms with Gasteiger partial charge in [-0.25, -0.2) is 13.6 Å². The summed E-state index contributed by atoms with van der Waals surface area (Å²) >= 11 is -3.15. The molecule has 1 N–H and O–H groups in total. The van der Waals surface area contributed by atoms with Gasteiger partial charge in [0.15, 0.2) is 0 Å². The highest BCUT2D eigenvalue weighted by molar-refractivity contribution is 7.80. The molecule has 6 nitrogen and oxygen atoms in total. The minimum atomic E-state index is -3.15. The van der Waals surface area contributed by atoms with Crippen LogP contribution >= 0.6 is 0 Å². The maximum absolute atomic E-state index is 15.0. The van der Waals surface area contributed by atoms with Gasteiger partial charge in [-0.15, -0.1) is 0 Å². The Kier molecular flexibility index (Phi) is 7.85. The first-order valence-corrected chi connectivity index (χ1v) is 12.5. The van der Waals surface area contributed by atoms with Gasteiger partial charge in [-0.3, -0.25) is 8.51 Å². The molecule has 0 amide bonds. The summed E-state index contributed by atoms with van der Waals surface area (Å²) < 4.78 is 59.8. The number of carboxylic acids is 1. The summed E-state index contributed by atoms with van der Waals surface area (Å²) in [4.78, 5) is 11.6. The van der Waals surface area contributed by atoms with Gasteiger partial charge in [0.05, 0.1) is 5.69 Å². The zero-order valence-electron chi connectivity index (χ0n) is 20.1. The molecule has 2 atom stereocenters. The molecule has 0 radical (unpaired) electrons. The Morgan fingerprint density at radius 3 is 2.27 bits per heavy atom. The van der Waals surface area contributed by atoms with Crippen molar-refractivity contribution in [2.24, 2.45) is 5.92 Å². The van der Waals surface area contributed by atoms with E-state index in [1.807, 2.05) is 42.5 Å². The quantitative estimate of drug-likeness (QED) is 0.268. The lowest BCUT2D eigenvalue weighted by atomic mass is 10.0. The standard InChI is InChI=1S/C28H25F2NO5S/c1-17(2)27(28(32)33)31(37(34)35)26-15-24(29)23(14-25(26)30)20-9-11-22(12-10-20)36-16-18-7-8-19-5-3-4-6-21(19)13-18/h3-15,17,27H,16H2,1-2H3,(H,32,33)(H,34,35)/p-1. The van der Waals surface area contributed by atoms with Gasteiger partial charge in [0.25, 0.3) is 0 Å². The van der Waals surface area contributed by atoms with Crippen LogP contribution in [0.15, 0.2) is 78.9 Å². The maximum atomic E-state index is 15.0. The van der Waals surface area contributed by atoms with Crippen molar-refractivity contribution in [3.8, 4) is 16.9 Å². The molecule has 4 rings (SSSR count). The van der Waals surface area contributed by atoms with Crippen molar-refractivity contribution in [1.29, 1.82) is 0 Å². The van der Waals surface area contributed by atoms with E-state index in [1.165, 1.54) is 13.8 Å². The third kappa shape index (κ3) is 5.79. The summed E-state index contributed by atoms with van der Waals surface area (Å²) in [6.45, 7) is 3.28. The summed E-state index contributed by atoms with van der Waals surface area (Å²) in [5.41, 5.74) is 0.545. The van der Waals surface area contributed by atoms with Gasteiger partial charge in [0, 0.05) is 22.9 Å². The third-order valence-corrected chi connectivity index (χ3v) is 6.70. The summed E-state index contributed by atoms with van der Waals surface area (Å²) in [5, 5.41) is 11.7. The normalized spacial score (nSPS) is 12.9. The van der Waals surface area contributed by atoms with E-state index in [4.69, 9.17) is 4.74 Å². The first kappa shape index (κ1) is 26.2. The third-order valence-electron chi connectivity index (χ3n) is 5.96. The van der Waals surface area contributed by atoms with E-state index < -0.39 is 46.5 Å². The van der Waals surface area contributed by atoms with Gasteiger partial charge in [0.1, 0.15) is 30.0 Å². The van der Waals surface area contributed by atoms with Gasteiger partial charge in [-0.2, -0.15) is 0 Å². The molecule has 0 spiro atoms. The number of halogens is 2. The lowest BCUT2D eigenvalue weighted by molar-refractivity contribution is -0.139. The Morgan fingerprint density at radius 1 is 0.973 bits per heavy atom. The highest BCUT2D eigenvalue weighted by Gasteiger charge is 2.32. The molecule has 0 fully saturated rings. The monoisotopic (exact) mass is 524 g/mol. The summed E-state index contributed by atoms with van der Waals surface area (Å²) in [6.07, 6.45) is 0. The molecule has 37 heavy (non-hydrogen) atoms. The minimum Gasteiger partial charge on any atom is -0.755 e. The second kappa shape index (κ2) is 11.1. The highest BCUT2D eigenvalue weighted by Crippen LogP contribution is 2.33. The first-order chi connectivity index (χ1) is 17.7. The molecule has 0 aromatic heterocycles.